The van der Waals surface area contributed by atoms with Gasteiger partial charge in [0.1, 0.15) is 17.5 Å². The van der Waals surface area contributed by atoms with Gasteiger partial charge in [-0.25, -0.2) is 14.4 Å². The molecule has 1 aliphatic rings. The van der Waals surface area contributed by atoms with Crippen molar-refractivity contribution in [3.05, 3.63) is 29.8 Å². The number of benzene rings is 1. The van der Waals surface area contributed by atoms with Crippen LogP contribution in [0.2, 0.25) is 0 Å². The van der Waals surface area contributed by atoms with Gasteiger partial charge in [-0.05, 0) is 24.6 Å². The molecule has 0 bridgehead atoms. The fourth-order valence-electron chi connectivity index (χ4n) is 2.06. The summed E-state index contributed by atoms with van der Waals surface area (Å²) >= 11 is 0. The lowest BCUT2D eigenvalue weighted by Crippen LogP contribution is -2.07. The first kappa shape index (κ1) is 10.4. The molecule has 0 amide bonds. The van der Waals surface area contributed by atoms with Crippen molar-refractivity contribution in [2.75, 3.05) is 18.9 Å². The zero-order valence-electron chi connectivity index (χ0n) is 9.19. The Morgan fingerprint density at radius 2 is 2.24 bits per heavy atom. The fraction of sp³-hybridized carbons (Fsp3) is 0.333. The largest absolute Gasteiger partial charge is 0.383 e. The van der Waals surface area contributed by atoms with Gasteiger partial charge in [0.25, 0.3) is 0 Å². The van der Waals surface area contributed by atoms with Crippen LogP contribution in [0.15, 0.2) is 18.2 Å². The van der Waals surface area contributed by atoms with E-state index in [0.717, 1.165) is 13.0 Å². The SMILES string of the molecule is Nc1nc(C2CCOC2)nc2ccc(F)cc12. The normalized spacial score (nSPS) is 19.9. The lowest BCUT2D eigenvalue weighted by Gasteiger charge is -2.09. The molecule has 17 heavy (non-hydrogen) atoms. The molecule has 2 heterocycles. The average Bonchev–Trinajstić information content (AvgIpc) is 2.83. The summed E-state index contributed by atoms with van der Waals surface area (Å²) in [5.74, 6) is 0.895. The molecular weight excluding hydrogens is 221 g/mol. The van der Waals surface area contributed by atoms with E-state index in [-0.39, 0.29) is 11.7 Å². The van der Waals surface area contributed by atoms with Crippen LogP contribution >= 0.6 is 0 Å². The lowest BCUT2D eigenvalue weighted by molar-refractivity contribution is 0.193. The maximum absolute atomic E-state index is 13.1. The third kappa shape index (κ3) is 1.82. The second kappa shape index (κ2) is 3.92. The summed E-state index contributed by atoms with van der Waals surface area (Å²) in [4.78, 5) is 8.67. The highest BCUT2D eigenvalue weighted by molar-refractivity contribution is 5.87. The van der Waals surface area contributed by atoms with Gasteiger partial charge in [-0.15, -0.1) is 0 Å². The van der Waals surface area contributed by atoms with Gasteiger partial charge >= 0.3 is 0 Å². The van der Waals surface area contributed by atoms with E-state index in [4.69, 9.17) is 10.5 Å². The molecule has 1 aliphatic heterocycles. The topological polar surface area (TPSA) is 61.0 Å². The molecule has 5 heteroatoms. The Bertz CT molecular complexity index is 567. The van der Waals surface area contributed by atoms with Crippen molar-refractivity contribution in [3.8, 4) is 0 Å². The molecule has 0 spiro atoms. The van der Waals surface area contributed by atoms with Gasteiger partial charge < -0.3 is 10.5 Å². The molecule has 0 radical (unpaired) electrons. The number of anilines is 1. The predicted octanol–water partition coefficient (Wildman–Crippen LogP) is 1.85. The molecule has 1 fully saturated rings. The smallest absolute Gasteiger partial charge is 0.136 e. The Morgan fingerprint density at radius 3 is 3.00 bits per heavy atom. The van der Waals surface area contributed by atoms with Gasteiger partial charge in [-0.3, -0.25) is 0 Å². The summed E-state index contributed by atoms with van der Waals surface area (Å²) in [5, 5.41) is 0.563. The van der Waals surface area contributed by atoms with Gasteiger partial charge in [-0.1, -0.05) is 0 Å². The van der Waals surface area contributed by atoms with Gasteiger partial charge in [0.2, 0.25) is 0 Å². The molecule has 3 rings (SSSR count). The van der Waals surface area contributed by atoms with Crippen LogP contribution in [-0.4, -0.2) is 23.2 Å². The Morgan fingerprint density at radius 1 is 1.35 bits per heavy atom. The summed E-state index contributed by atoms with van der Waals surface area (Å²) in [7, 11) is 0. The quantitative estimate of drug-likeness (QED) is 0.816. The van der Waals surface area contributed by atoms with Crippen molar-refractivity contribution in [2.24, 2.45) is 0 Å². The van der Waals surface area contributed by atoms with Gasteiger partial charge in [0, 0.05) is 17.9 Å². The van der Waals surface area contributed by atoms with Crippen LogP contribution in [0.5, 0.6) is 0 Å². The maximum atomic E-state index is 13.1. The lowest BCUT2D eigenvalue weighted by atomic mass is 10.1. The highest BCUT2D eigenvalue weighted by Gasteiger charge is 2.21. The van der Waals surface area contributed by atoms with Crippen LogP contribution in [0.25, 0.3) is 10.9 Å². The highest BCUT2D eigenvalue weighted by atomic mass is 19.1. The molecule has 2 N–H and O–H groups in total. The van der Waals surface area contributed by atoms with E-state index in [1.165, 1.54) is 12.1 Å². The fourth-order valence-corrected chi connectivity index (χ4v) is 2.06. The first-order chi connectivity index (χ1) is 8.24. The van der Waals surface area contributed by atoms with Crippen LogP contribution in [-0.2, 0) is 4.74 Å². The summed E-state index contributed by atoms with van der Waals surface area (Å²) in [6, 6.07) is 4.37. The minimum absolute atomic E-state index is 0.201. The van der Waals surface area contributed by atoms with Crippen molar-refractivity contribution in [1.82, 2.24) is 9.97 Å². The monoisotopic (exact) mass is 233 g/mol. The summed E-state index contributed by atoms with van der Waals surface area (Å²) in [6.45, 7) is 1.36. The van der Waals surface area contributed by atoms with Crippen molar-refractivity contribution >= 4 is 16.7 Å². The van der Waals surface area contributed by atoms with E-state index in [1.54, 1.807) is 6.07 Å². The zero-order valence-corrected chi connectivity index (χ0v) is 9.19. The van der Waals surface area contributed by atoms with Gasteiger partial charge in [0.15, 0.2) is 0 Å². The van der Waals surface area contributed by atoms with Crippen molar-refractivity contribution in [1.29, 1.82) is 0 Å². The second-order valence-electron chi connectivity index (χ2n) is 4.19. The number of halogens is 1. The van der Waals surface area contributed by atoms with Crippen LogP contribution in [0.4, 0.5) is 10.2 Å². The third-order valence-corrected chi connectivity index (χ3v) is 3.00. The predicted molar refractivity (Wildman–Crippen MR) is 62.1 cm³/mol. The standard InChI is InChI=1S/C12H12FN3O/c13-8-1-2-10-9(5-8)11(14)16-12(15-10)7-3-4-17-6-7/h1-2,5,7H,3-4,6H2,(H2,14,15,16). The number of rotatable bonds is 1. The highest BCUT2D eigenvalue weighted by Crippen LogP contribution is 2.26. The van der Waals surface area contributed by atoms with E-state index < -0.39 is 0 Å². The Balaban J connectivity index is 2.13. The van der Waals surface area contributed by atoms with Crippen LogP contribution < -0.4 is 5.73 Å². The molecule has 1 aromatic carbocycles. The van der Waals surface area contributed by atoms with E-state index in [0.29, 0.717) is 29.2 Å². The number of nitrogen functional groups attached to an aromatic ring is 1. The molecule has 0 saturated carbocycles. The van der Waals surface area contributed by atoms with Gasteiger partial charge in [-0.2, -0.15) is 0 Å². The van der Waals surface area contributed by atoms with E-state index in [2.05, 4.69) is 9.97 Å². The molecule has 88 valence electrons. The van der Waals surface area contributed by atoms with Crippen molar-refractivity contribution in [2.45, 2.75) is 12.3 Å². The summed E-state index contributed by atoms with van der Waals surface area (Å²) in [5.41, 5.74) is 6.52. The molecule has 1 aromatic heterocycles. The first-order valence-corrected chi connectivity index (χ1v) is 5.54. The van der Waals surface area contributed by atoms with Crippen molar-refractivity contribution in [3.63, 3.8) is 0 Å². The third-order valence-electron chi connectivity index (χ3n) is 3.00. The Hall–Kier alpha value is -1.75. The number of hydrogen-bond acceptors (Lipinski definition) is 4. The summed E-state index contributed by atoms with van der Waals surface area (Å²) in [6.07, 6.45) is 0.909. The molecule has 1 atom stereocenters. The van der Waals surface area contributed by atoms with E-state index in [1.807, 2.05) is 0 Å². The second-order valence-corrected chi connectivity index (χ2v) is 4.19. The molecule has 4 nitrogen and oxygen atoms in total. The minimum atomic E-state index is -0.329. The van der Waals surface area contributed by atoms with Crippen LogP contribution in [0, 0.1) is 5.82 Å². The molecule has 0 aliphatic carbocycles. The number of fused-ring (bicyclic) bond motifs is 1. The summed E-state index contributed by atoms with van der Waals surface area (Å²) < 4.78 is 18.4. The van der Waals surface area contributed by atoms with E-state index >= 15 is 0 Å². The minimum Gasteiger partial charge on any atom is -0.383 e. The van der Waals surface area contributed by atoms with E-state index in [9.17, 15) is 4.39 Å². The number of nitrogens with two attached hydrogens (primary N) is 1. The first-order valence-electron chi connectivity index (χ1n) is 5.54. The average molecular weight is 233 g/mol. The Kier molecular flexibility index (Phi) is 2.40. The molecule has 1 unspecified atom stereocenters. The zero-order chi connectivity index (χ0) is 11.8. The van der Waals surface area contributed by atoms with Crippen LogP contribution in [0.1, 0.15) is 18.2 Å². The number of aromatic nitrogens is 2. The van der Waals surface area contributed by atoms with Crippen LogP contribution in [0.3, 0.4) is 0 Å². The molecular formula is C12H12FN3O. The molecule has 1 saturated heterocycles. The number of nitrogens with zero attached hydrogens (tertiary/aromatic N) is 2. The molecule has 2 aromatic rings. The van der Waals surface area contributed by atoms with Gasteiger partial charge in [0.05, 0.1) is 12.1 Å². The van der Waals surface area contributed by atoms with Crippen molar-refractivity contribution < 1.29 is 9.13 Å². The number of hydrogen-bond donors (Lipinski definition) is 1. The maximum Gasteiger partial charge on any atom is 0.136 e. The Labute approximate surface area is 97.6 Å². The number of ether oxygens (including phenoxy) is 1.